The third-order valence-corrected chi connectivity index (χ3v) is 12.5. The second-order valence-electron chi connectivity index (χ2n) is 18.5. The summed E-state index contributed by atoms with van der Waals surface area (Å²) in [5, 5.41) is 15.4. The van der Waals surface area contributed by atoms with Crippen LogP contribution in [0.1, 0.15) is 86.3 Å². The van der Waals surface area contributed by atoms with Gasteiger partial charge in [-0.1, -0.05) is 121 Å². The molecule has 1 heterocycles. The molecule has 4 amide bonds. The van der Waals surface area contributed by atoms with Gasteiger partial charge in [0.15, 0.2) is 14.5 Å². The molecule has 4 aromatic rings. The van der Waals surface area contributed by atoms with Crippen molar-refractivity contribution in [3.8, 4) is 5.75 Å². The van der Waals surface area contributed by atoms with Gasteiger partial charge in [0.2, 0.25) is 17.7 Å². The second-order valence-corrected chi connectivity index (χ2v) is 22.5. The topological polar surface area (TPSA) is 181 Å². The van der Waals surface area contributed by atoms with Gasteiger partial charge >= 0.3 is 12.1 Å². The number of rotatable bonds is 19. The smallest absolute Gasteiger partial charge is 0.472 e. The van der Waals surface area contributed by atoms with Crippen LogP contribution in [0.15, 0.2) is 69.3 Å². The molecule has 4 rings (SSSR count). The molecular weight excluding hydrogens is 923 g/mol. The van der Waals surface area contributed by atoms with E-state index < -0.39 is 34.6 Å². The van der Waals surface area contributed by atoms with Gasteiger partial charge in [0.05, 0.1) is 28.8 Å². The van der Waals surface area contributed by atoms with E-state index in [0.717, 1.165) is 59.0 Å². The van der Waals surface area contributed by atoms with Gasteiger partial charge in [0.25, 0.3) is 0 Å². The molecule has 65 heavy (non-hydrogen) atoms. The largest absolute Gasteiger partial charge is 0.493 e. The van der Waals surface area contributed by atoms with Crippen LogP contribution in [0.3, 0.4) is 0 Å². The number of Topliss-reactive ketones (excluding diaryl/α,β-unsaturated/α-hetero) is 1. The van der Waals surface area contributed by atoms with E-state index in [4.69, 9.17) is 16.3 Å². The molecule has 0 aliphatic heterocycles. The van der Waals surface area contributed by atoms with E-state index in [1.807, 2.05) is 6.07 Å². The Morgan fingerprint density at radius 3 is 2.00 bits per heavy atom. The summed E-state index contributed by atoms with van der Waals surface area (Å²) in [5.74, 6) is -3.16. The molecule has 0 saturated carbocycles. The first-order valence-electron chi connectivity index (χ1n) is 20.5. The van der Waals surface area contributed by atoms with Gasteiger partial charge < -0.3 is 20.7 Å². The molecule has 0 aliphatic rings. The highest BCUT2D eigenvalue weighted by molar-refractivity contribution is 8.04. The Morgan fingerprint density at radius 1 is 0.754 bits per heavy atom. The zero-order chi connectivity index (χ0) is 48.3. The Hall–Kier alpha value is -4.85. The van der Waals surface area contributed by atoms with E-state index in [1.54, 1.807) is 26.8 Å². The van der Waals surface area contributed by atoms with Gasteiger partial charge in [-0.15, -0.1) is 10.2 Å². The number of hydrogen-bond acceptors (Lipinski definition) is 12. The molecule has 13 nitrogen and oxygen atoms in total. The molecule has 1 aromatic heterocycles. The molecular formula is C45H55ClF3N7O6S3. The number of thioether (sulfide) groups is 2. The number of nitrogens with one attached hydrogen (secondary N) is 5. The molecule has 0 saturated heterocycles. The van der Waals surface area contributed by atoms with Gasteiger partial charge in [0, 0.05) is 23.2 Å². The fourth-order valence-electron chi connectivity index (χ4n) is 5.93. The number of aromatic nitrogens is 2. The van der Waals surface area contributed by atoms with Crippen molar-refractivity contribution in [1.82, 2.24) is 15.6 Å². The predicted octanol–water partition coefficient (Wildman–Crippen LogP) is 10.6. The van der Waals surface area contributed by atoms with E-state index in [-0.39, 0.29) is 51.1 Å². The van der Waals surface area contributed by atoms with Gasteiger partial charge in [0.1, 0.15) is 11.0 Å². The maximum Gasteiger partial charge on any atom is 0.472 e. The van der Waals surface area contributed by atoms with E-state index in [9.17, 15) is 37.1 Å². The number of benzene rings is 3. The van der Waals surface area contributed by atoms with Crippen molar-refractivity contribution in [2.75, 3.05) is 33.7 Å². The van der Waals surface area contributed by atoms with Gasteiger partial charge in [-0.3, -0.25) is 34.8 Å². The average Bonchev–Trinajstić information content (AvgIpc) is 3.64. The number of amides is 4. The number of ether oxygens (including phenoxy) is 1. The molecule has 0 aliphatic carbocycles. The molecule has 0 spiro atoms. The Balaban J connectivity index is 1.31. The summed E-state index contributed by atoms with van der Waals surface area (Å²) in [6.45, 7) is 18.6. The minimum absolute atomic E-state index is 0.0601. The molecule has 1 unspecified atom stereocenters. The number of hydrogen-bond donors (Lipinski definition) is 5. The standard InChI is InChI=1S/C45H55ClF3N7O6S3/c1-42(2,3)23-26-12-19-33(27(21-26)24-43(4,5)6)62-20-10-11-34(57)51-30-17-18-31(46)32(22-30)52-38(60)36(37(59)44(7,8)9)64-41-56-55-40(65-41)63-25-35(58)50-28-13-15-29(16-14-28)53-54-39(61)45(47,48)49/h12-19,21-22,36,53H,10-11,20,23-25H2,1-9H3,(H,50,58)(H,51,57)(H,52,60)(H,54,61). The third-order valence-electron chi connectivity index (χ3n) is 8.79. The van der Waals surface area contributed by atoms with Gasteiger partial charge in [-0.2, -0.15) is 13.2 Å². The number of anilines is 4. The summed E-state index contributed by atoms with van der Waals surface area (Å²) < 4.78 is 44.1. The first kappa shape index (κ1) is 52.8. The highest BCUT2D eigenvalue weighted by atomic mass is 35.5. The normalized spacial score (nSPS) is 12.5. The molecule has 3 aromatic carbocycles. The summed E-state index contributed by atoms with van der Waals surface area (Å²) in [7, 11) is 0. The number of nitrogens with zero attached hydrogens (tertiary/aromatic N) is 2. The van der Waals surface area contributed by atoms with Crippen molar-refractivity contribution < 1.29 is 41.9 Å². The lowest BCUT2D eigenvalue weighted by molar-refractivity contribution is -0.173. The first-order valence-corrected chi connectivity index (χ1v) is 23.6. The first-order chi connectivity index (χ1) is 30.1. The Kier molecular flexibility index (Phi) is 18.3. The Labute approximate surface area is 394 Å². The van der Waals surface area contributed by atoms with E-state index >= 15 is 0 Å². The molecule has 352 valence electrons. The molecule has 1 atom stereocenters. The molecule has 5 N–H and O–H groups in total. The van der Waals surface area contributed by atoms with Crippen LogP contribution in [-0.2, 0) is 36.8 Å². The number of ketones is 1. The quantitative estimate of drug-likeness (QED) is 0.0261. The third kappa shape index (κ3) is 18.2. The molecule has 20 heteroatoms. The Bertz CT molecular complexity index is 2330. The zero-order valence-electron chi connectivity index (χ0n) is 37.7. The maximum atomic E-state index is 13.8. The highest BCUT2D eigenvalue weighted by Crippen LogP contribution is 2.36. The number of alkyl halides is 3. The Morgan fingerprint density at radius 2 is 1.37 bits per heavy atom. The average molecular weight is 979 g/mol. The summed E-state index contributed by atoms with van der Waals surface area (Å²) in [6, 6.07) is 16.6. The lowest BCUT2D eigenvalue weighted by Crippen LogP contribution is -2.40. The van der Waals surface area contributed by atoms with Crippen molar-refractivity contribution in [2.45, 2.75) is 108 Å². The van der Waals surface area contributed by atoms with Crippen LogP contribution in [0.2, 0.25) is 5.02 Å². The number of hydrazine groups is 1. The summed E-state index contributed by atoms with van der Waals surface area (Å²) in [5.41, 5.74) is 6.43. The lowest BCUT2D eigenvalue weighted by atomic mass is 9.84. The summed E-state index contributed by atoms with van der Waals surface area (Å²) in [4.78, 5) is 64.1. The van der Waals surface area contributed by atoms with Crippen LogP contribution in [-0.4, -0.2) is 63.4 Å². The van der Waals surface area contributed by atoms with E-state index in [0.29, 0.717) is 33.1 Å². The minimum Gasteiger partial charge on any atom is -0.493 e. The number of halogens is 4. The van der Waals surface area contributed by atoms with Crippen LogP contribution in [0.4, 0.5) is 35.9 Å². The molecule has 0 fully saturated rings. The number of carbonyl (C=O) groups is 5. The van der Waals surface area contributed by atoms with Crippen molar-refractivity contribution in [2.24, 2.45) is 16.2 Å². The fourth-order valence-corrected chi connectivity index (χ4v) is 9.27. The van der Waals surface area contributed by atoms with Gasteiger partial charge in [-0.25, -0.2) is 0 Å². The van der Waals surface area contributed by atoms with Crippen LogP contribution in [0.25, 0.3) is 0 Å². The van der Waals surface area contributed by atoms with Crippen LogP contribution in [0, 0.1) is 16.2 Å². The monoisotopic (exact) mass is 977 g/mol. The van der Waals surface area contributed by atoms with Crippen molar-refractivity contribution in [1.29, 1.82) is 0 Å². The van der Waals surface area contributed by atoms with Crippen molar-refractivity contribution in [3.05, 3.63) is 76.8 Å². The van der Waals surface area contributed by atoms with Crippen molar-refractivity contribution >= 4 is 98.6 Å². The predicted molar refractivity (Wildman–Crippen MR) is 254 cm³/mol. The van der Waals surface area contributed by atoms with Crippen molar-refractivity contribution in [3.63, 3.8) is 0 Å². The summed E-state index contributed by atoms with van der Waals surface area (Å²) in [6.07, 6.45) is -2.61. The minimum atomic E-state index is -5.05. The zero-order valence-corrected chi connectivity index (χ0v) is 40.9. The molecule has 0 radical (unpaired) electrons. The van der Waals surface area contributed by atoms with E-state index in [2.05, 4.69) is 85.2 Å². The summed E-state index contributed by atoms with van der Waals surface area (Å²) >= 11 is 9.53. The highest BCUT2D eigenvalue weighted by Gasteiger charge is 2.39. The second kappa shape index (κ2) is 22.6. The lowest BCUT2D eigenvalue weighted by Gasteiger charge is -2.23. The number of carbonyl (C=O) groups excluding carboxylic acids is 5. The van der Waals surface area contributed by atoms with Crippen LogP contribution >= 0.6 is 46.5 Å². The van der Waals surface area contributed by atoms with Crippen LogP contribution < -0.4 is 31.5 Å². The van der Waals surface area contributed by atoms with Gasteiger partial charge in [-0.05, 0) is 89.8 Å². The van der Waals surface area contributed by atoms with E-state index in [1.165, 1.54) is 47.4 Å². The molecule has 0 bridgehead atoms. The van der Waals surface area contributed by atoms with Crippen LogP contribution in [0.5, 0.6) is 5.75 Å². The maximum absolute atomic E-state index is 13.8. The fraction of sp³-hybridized carbons (Fsp3) is 0.444. The SMILES string of the molecule is CC(C)(C)Cc1ccc(OCCCC(=O)Nc2ccc(Cl)c(NC(=O)C(Sc3nnc(SCC(=O)Nc4ccc(NNC(=O)C(F)(F)F)cc4)s3)C(=O)C(C)(C)C)c2)c(CC(C)(C)C)c1.